The quantitative estimate of drug-likeness (QED) is 0.794. The number of hydrogen-bond acceptors (Lipinski definition) is 3. The molecule has 98 valence electrons. The topological polar surface area (TPSA) is 55.6 Å². The van der Waals surface area contributed by atoms with Crippen molar-refractivity contribution in [3.63, 3.8) is 0 Å². The van der Waals surface area contributed by atoms with Crippen LogP contribution in [0.2, 0.25) is 5.02 Å². The number of anilines is 1. The van der Waals surface area contributed by atoms with Crippen LogP contribution in [0, 0.1) is 0 Å². The molecule has 2 atom stereocenters. The highest BCUT2D eigenvalue weighted by Gasteiger charge is 2.27. The first-order valence-corrected chi connectivity index (χ1v) is 6.35. The van der Waals surface area contributed by atoms with Crippen molar-refractivity contribution in [2.24, 2.45) is 0 Å². The summed E-state index contributed by atoms with van der Waals surface area (Å²) in [6.45, 7) is 5.10. The van der Waals surface area contributed by atoms with Crippen molar-refractivity contribution in [3.8, 4) is 0 Å². The van der Waals surface area contributed by atoms with Crippen molar-refractivity contribution < 1.29 is 9.53 Å². The lowest BCUT2D eigenvalue weighted by Crippen LogP contribution is -2.48. The third-order valence-electron chi connectivity index (χ3n) is 2.95. The van der Waals surface area contributed by atoms with Crippen LogP contribution < -0.4 is 5.73 Å². The smallest absolute Gasteiger partial charge is 0.256 e. The molecule has 18 heavy (non-hydrogen) atoms. The normalized spacial score (nSPS) is 24.1. The average Bonchev–Trinajstić information content (AvgIpc) is 2.26. The van der Waals surface area contributed by atoms with E-state index in [1.807, 2.05) is 13.8 Å². The number of nitrogen functional groups attached to an aromatic ring is 1. The molecule has 0 bridgehead atoms. The average molecular weight is 269 g/mol. The molecular weight excluding hydrogens is 252 g/mol. The van der Waals surface area contributed by atoms with E-state index in [2.05, 4.69) is 0 Å². The SMILES string of the molecule is C[C@@H]1CN(C(=O)c2ccc(Cl)cc2N)C[C@@H](C)O1. The van der Waals surface area contributed by atoms with Gasteiger partial charge in [-0.05, 0) is 32.0 Å². The second kappa shape index (κ2) is 5.16. The van der Waals surface area contributed by atoms with Crippen LogP contribution in [-0.4, -0.2) is 36.1 Å². The predicted octanol–water partition coefficient (Wildman–Crippen LogP) is 2.17. The van der Waals surface area contributed by atoms with Gasteiger partial charge in [0, 0.05) is 23.8 Å². The first-order chi connectivity index (χ1) is 8.47. The maximum Gasteiger partial charge on any atom is 0.256 e. The Bertz CT molecular complexity index is 454. The van der Waals surface area contributed by atoms with Crippen LogP contribution in [0.3, 0.4) is 0 Å². The minimum atomic E-state index is -0.0637. The van der Waals surface area contributed by atoms with E-state index in [0.29, 0.717) is 29.4 Å². The Kier molecular flexibility index (Phi) is 3.78. The van der Waals surface area contributed by atoms with E-state index in [1.54, 1.807) is 23.1 Å². The summed E-state index contributed by atoms with van der Waals surface area (Å²) in [5, 5.41) is 0.535. The van der Waals surface area contributed by atoms with Gasteiger partial charge < -0.3 is 15.4 Å². The Balaban J connectivity index is 2.20. The summed E-state index contributed by atoms with van der Waals surface area (Å²) in [4.78, 5) is 14.1. The van der Waals surface area contributed by atoms with Crippen LogP contribution in [0.15, 0.2) is 18.2 Å². The molecule has 0 spiro atoms. The van der Waals surface area contributed by atoms with Crippen molar-refractivity contribution in [3.05, 3.63) is 28.8 Å². The molecule has 1 fully saturated rings. The molecule has 4 nitrogen and oxygen atoms in total. The van der Waals surface area contributed by atoms with Gasteiger partial charge in [0.25, 0.3) is 5.91 Å². The van der Waals surface area contributed by atoms with Gasteiger partial charge in [0.2, 0.25) is 0 Å². The van der Waals surface area contributed by atoms with Crippen molar-refractivity contribution in [1.82, 2.24) is 4.90 Å². The van der Waals surface area contributed by atoms with Crippen LogP contribution in [0.25, 0.3) is 0 Å². The van der Waals surface area contributed by atoms with Crippen LogP contribution in [0.4, 0.5) is 5.69 Å². The Morgan fingerprint density at radius 2 is 2.00 bits per heavy atom. The van der Waals surface area contributed by atoms with E-state index < -0.39 is 0 Å². The molecular formula is C13H17ClN2O2. The molecule has 1 aliphatic rings. The molecule has 1 aromatic carbocycles. The van der Waals surface area contributed by atoms with Crippen LogP contribution in [0.5, 0.6) is 0 Å². The zero-order valence-electron chi connectivity index (χ0n) is 10.5. The molecule has 0 radical (unpaired) electrons. The Morgan fingerprint density at radius 3 is 2.56 bits per heavy atom. The number of hydrogen-bond donors (Lipinski definition) is 1. The number of rotatable bonds is 1. The fraction of sp³-hybridized carbons (Fsp3) is 0.462. The molecule has 0 unspecified atom stereocenters. The highest BCUT2D eigenvalue weighted by molar-refractivity contribution is 6.31. The third-order valence-corrected chi connectivity index (χ3v) is 3.19. The largest absolute Gasteiger partial charge is 0.398 e. The molecule has 1 amide bonds. The first-order valence-electron chi connectivity index (χ1n) is 5.97. The summed E-state index contributed by atoms with van der Waals surface area (Å²) in [5.41, 5.74) is 6.75. The van der Waals surface area contributed by atoms with Gasteiger partial charge in [-0.2, -0.15) is 0 Å². The Labute approximate surface area is 112 Å². The minimum Gasteiger partial charge on any atom is -0.398 e. The Morgan fingerprint density at radius 1 is 1.39 bits per heavy atom. The highest BCUT2D eigenvalue weighted by atomic mass is 35.5. The van der Waals surface area contributed by atoms with Gasteiger partial charge in [-0.3, -0.25) is 4.79 Å². The number of morpholine rings is 1. The molecule has 0 saturated carbocycles. The first kappa shape index (κ1) is 13.2. The van der Waals surface area contributed by atoms with E-state index in [-0.39, 0.29) is 18.1 Å². The zero-order chi connectivity index (χ0) is 13.3. The number of nitrogens with zero attached hydrogens (tertiary/aromatic N) is 1. The van der Waals surface area contributed by atoms with E-state index in [1.165, 1.54) is 0 Å². The number of nitrogens with two attached hydrogens (primary N) is 1. The van der Waals surface area contributed by atoms with Crippen molar-refractivity contribution in [1.29, 1.82) is 0 Å². The van der Waals surface area contributed by atoms with Crippen LogP contribution >= 0.6 is 11.6 Å². The maximum absolute atomic E-state index is 12.4. The van der Waals surface area contributed by atoms with Gasteiger partial charge in [0.15, 0.2) is 0 Å². The molecule has 1 aliphatic heterocycles. The second-order valence-electron chi connectivity index (χ2n) is 4.70. The zero-order valence-corrected chi connectivity index (χ0v) is 11.3. The summed E-state index contributed by atoms with van der Waals surface area (Å²) in [5.74, 6) is -0.0637. The number of benzene rings is 1. The lowest BCUT2D eigenvalue weighted by molar-refractivity contribution is -0.0585. The van der Waals surface area contributed by atoms with Gasteiger partial charge in [0.1, 0.15) is 0 Å². The number of amides is 1. The molecule has 1 heterocycles. The van der Waals surface area contributed by atoms with E-state index in [4.69, 9.17) is 22.1 Å². The van der Waals surface area contributed by atoms with Crippen LogP contribution in [-0.2, 0) is 4.74 Å². The molecule has 2 N–H and O–H groups in total. The summed E-state index contributed by atoms with van der Waals surface area (Å²) in [7, 11) is 0. The van der Waals surface area contributed by atoms with Gasteiger partial charge >= 0.3 is 0 Å². The molecule has 0 aliphatic carbocycles. The van der Waals surface area contributed by atoms with E-state index in [0.717, 1.165) is 0 Å². The maximum atomic E-state index is 12.4. The van der Waals surface area contributed by atoms with Crippen molar-refractivity contribution in [2.75, 3.05) is 18.8 Å². The lowest BCUT2D eigenvalue weighted by Gasteiger charge is -2.35. The molecule has 1 aromatic rings. The second-order valence-corrected chi connectivity index (χ2v) is 5.14. The van der Waals surface area contributed by atoms with Gasteiger partial charge in [-0.25, -0.2) is 0 Å². The van der Waals surface area contributed by atoms with E-state index >= 15 is 0 Å². The van der Waals surface area contributed by atoms with Crippen molar-refractivity contribution >= 4 is 23.2 Å². The molecule has 0 aromatic heterocycles. The monoisotopic (exact) mass is 268 g/mol. The number of ether oxygens (including phenoxy) is 1. The van der Waals surface area contributed by atoms with Gasteiger partial charge in [-0.1, -0.05) is 11.6 Å². The number of carbonyl (C=O) groups excluding carboxylic acids is 1. The molecule has 1 saturated heterocycles. The fourth-order valence-corrected chi connectivity index (χ4v) is 2.42. The summed E-state index contributed by atoms with van der Waals surface area (Å²) < 4.78 is 5.61. The predicted molar refractivity (Wildman–Crippen MR) is 71.8 cm³/mol. The Hall–Kier alpha value is -1.26. The van der Waals surface area contributed by atoms with Crippen LogP contribution in [0.1, 0.15) is 24.2 Å². The summed E-state index contributed by atoms with van der Waals surface area (Å²) in [6.07, 6.45) is 0.0949. The van der Waals surface area contributed by atoms with Crippen molar-refractivity contribution in [2.45, 2.75) is 26.1 Å². The number of carbonyl (C=O) groups is 1. The number of halogens is 1. The minimum absolute atomic E-state index is 0.0474. The lowest BCUT2D eigenvalue weighted by atomic mass is 10.1. The van der Waals surface area contributed by atoms with Gasteiger partial charge in [-0.15, -0.1) is 0 Å². The summed E-state index contributed by atoms with van der Waals surface area (Å²) >= 11 is 5.83. The van der Waals surface area contributed by atoms with Gasteiger partial charge in [0.05, 0.1) is 17.8 Å². The third kappa shape index (κ3) is 2.76. The summed E-state index contributed by atoms with van der Waals surface area (Å²) in [6, 6.07) is 4.95. The molecule has 5 heteroatoms. The molecule has 2 rings (SSSR count). The standard InChI is InChI=1S/C13H17ClN2O2/c1-8-6-16(7-9(2)18-8)13(17)11-4-3-10(14)5-12(11)15/h3-5,8-9H,6-7,15H2,1-2H3/t8-,9-/m1/s1. The fourth-order valence-electron chi connectivity index (χ4n) is 2.24. The highest BCUT2D eigenvalue weighted by Crippen LogP contribution is 2.21. The van der Waals surface area contributed by atoms with E-state index in [9.17, 15) is 4.79 Å².